The van der Waals surface area contributed by atoms with Crippen LogP contribution in [-0.4, -0.2) is 34.2 Å². The fourth-order valence-corrected chi connectivity index (χ4v) is 3.90. The van der Waals surface area contributed by atoms with Crippen molar-refractivity contribution in [2.75, 3.05) is 7.05 Å². The lowest BCUT2D eigenvalue weighted by molar-refractivity contribution is -0.0501. The van der Waals surface area contributed by atoms with E-state index in [-0.39, 0.29) is 16.7 Å². The molecule has 0 saturated heterocycles. The van der Waals surface area contributed by atoms with Crippen LogP contribution in [0.3, 0.4) is 0 Å². The zero-order valence-electron chi connectivity index (χ0n) is 18.5. The zero-order chi connectivity index (χ0) is 22.8. The number of amides is 1. The predicted molar refractivity (Wildman–Crippen MR) is 116 cm³/mol. The highest BCUT2D eigenvalue weighted by Crippen LogP contribution is 2.43. The quantitative estimate of drug-likeness (QED) is 0.609. The minimum atomic E-state index is -3.04. The number of hydrogen-bond acceptors (Lipinski definition) is 4. The van der Waals surface area contributed by atoms with Crippen molar-refractivity contribution >= 4 is 11.6 Å². The van der Waals surface area contributed by atoms with Crippen LogP contribution in [0.5, 0.6) is 5.75 Å². The van der Waals surface area contributed by atoms with Crippen LogP contribution in [-0.2, 0) is 5.41 Å². The van der Waals surface area contributed by atoms with Gasteiger partial charge < -0.3 is 10.1 Å². The molecule has 0 spiro atoms. The number of ether oxygens (including phenoxy) is 1. The average Bonchev–Trinajstić information content (AvgIpc) is 3.15. The summed E-state index contributed by atoms with van der Waals surface area (Å²) in [5.41, 5.74) is 3.79. The number of rotatable bonds is 5. The maximum Gasteiger partial charge on any atom is 0.387 e. The van der Waals surface area contributed by atoms with Gasteiger partial charge in [-0.2, -0.15) is 13.9 Å². The predicted octanol–water partition coefficient (Wildman–Crippen LogP) is 5.13. The van der Waals surface area contributed by atoms with E-state index in [1.807, 2.05) is 26.2 Å². The Hall–Kier alpha value is -3.03. The number of carbonyl (C=O) groups is 1. The van der Waals surface area contributed by atoms with Gasteiger partial charge in [0.1, 0.15) is 5.75 Å². The van der Waals surface area contributed by atoms with E-state index in [1.54, 1.807) is 23.7 Å². The summed E-state index contributed by atoms with van der Waals surface area (Å²) in [5, 5.41) is 6.87. The molecule has 6 nitrogen and oxygen atoms in total. The van der Waals surface area contributed by atoms with Crippen LogP contribution in [0.2, 0.25) is 0 Å². The number of nitrogens with zero attached hydrogens (tertiary/aromatic N) is 3. The average molecular weight is 430 g/mol. The molecule has 1 N–H and O–H groups in total. The molecule has 1 saturated carbocycles. The van der Waals surface area contributed by atoms with Gasteiger partial charge in [-0.05, 0) is 47.9 Å². The molecule has 0 unspecified atom stereocenters. The molecule has 1 aromatic carbocycles. The van der Waals surface area contributed by atoms with Crippen LogP contribution >= 0.6 is 0 Å². The van der Waals surface area contributed by atoms with Crippen LogP contribution in [0.1, 0.15) is 61.5 Å². The van der Waals surface area contributed by atoms with Gasteiger partial charge in [0.05, 0.1) is 11.8 Å². The number of aryl methyl sites for hydroxylation is 1. The summed E-state index contributed by atoms with van der Waals surface area (Å²) in [6.45, 7) is 4.86. The normalized spacial score (nSPS) is 14.6. The first kappa shape index (κ1) is 22.7. The second-order valence-electron chi connectivity index (χ2n) is 7.71. The van der Waals surface area contributed by atoms with E-state index in [9.17, 15) is 13.6 Å². The van der Waals surface area contributed by atoms with E-state index < -0.39 is 12.5 Å². The SMILES string of the molecule is CC.CNC(=O)c1c(C)cc(-c2cnn3cc(C4(C)CCC4)cnc23)cc1OC(F)F. The van der Waals surface area contributed by atoms with Crippen molar-refractivity contribution in [3.63, 3.8) is 0 Å². The third kappa shape index (κ3) is 4.24. The van der Waals surface area contributed by atoms with Gasteiger partial charge in [-0.3, -0.25) is 4.79 Å². The zero-order valence-corrected chi connectivity index (χ0v) is 18.5. The van der Waals surface area contributed by atoms with E-state index in [0.29, 0.717) is 22.3 Å². The molecule has 2 heterocycles. The van der Waals surface area contributed by atoms with Crippen molar-refractivity contribution in [1.29, 1.82) is 0 Å². The van der Waals surface area contributed by atoms with Gasteiger partial charge >= 0.3 is 6.61 Å². The molecule has 166 valence electrons. The minimum Gasteiger partial charge on any atom is -0.434 e. The topological polar surface area (TPSA) is 68.5 Å². The number of carbonyl (C=O) groups excluding carboxylic acids is 1. The summed E-state index contributed by atoms with van der Waals surface area (Å²) < 4.78 is 32.2. The molecule has 0 radical (unpaired) electrons. The Kier molecular flexibility index (Phi) is 6.57. The first-order valence-electron chi connectivity index (χ1n) is 10.5. The highest BCUT2D eigenvalue weighted by molar-refractivity contribution is 5.99. The molecule has 0 bridgehead atoms. The van der Waals surface area contributed by atoms with Crippen molar-refractivity contribution in [3.8, 4) is 16.9 Å². The molecular formula is C23H28F2N4O2. The Morgan fingerprint density at radius 1 is 1.26 bits per heavy atom. The summed E-state index contributed by atoms with van der Waals surface area (Å²) >= 11 is 0. The molecule has 1 aliphatic carbocycles. The lowest BCUT2D eigenvalue weighted by Gasteiger charge is -2.38. The first-order chi connectivity index (χ1) is 14.8. The Morgan fingerprint density at radius 3 is 2.55 bits per heavy atom. The number of halogens is 2. The maximum atomic E-state index is 12.9. The third-order valence-electron chi connectivity index (χ3n) is 5.79. The van der Waals surface area contributed by atoms with E-state index in [1.165, 1.54) is 19.5 Å². The second-order valence-corrected chi connectivity index (χ2v) is 7.71. The lowest BCUT2D eigenvalue weighted by Crippen LogP contribution is -2.30. The number of fused-ring (bicyclic) bond motifs is 1. The third-order valence-corrected chi connectivity index (χ3v) is 5.79. The molecule has 1 aliphatic rings. The molecule has 4 rings (SSSR count). The molecule has 31 heavy (non-hydrogen) atoms. The van der Waals surface area contributed by atoms with Gasteiger partial charge in [0.25, 0.3) is 5.91 Å². The van der Waals surface area contributed by atoms with Crippen molar-refractivity contribution in [2.45, 2.75) is 59.0 Å². The summed E-state index contributed by atoms with van der Waals surface area (Å²) in [5.74, 6) is -0.659. The van der Waals surface area contributed by atoms with E-state index in [2.05, 4.69) is 27.1 Å². The van der Waals surface area contributed by atoms with E-state index in [4.69, 9.17) is 0 Å². The van der Waals surface area contributed by atoms with Gasteiger partial charge in [-0.15, -0.1) is 0 Å². The molecule has 2 aromatic heterocycles. The summed E-state index contributed by atoms with van der Waals surface area (Å²) in [6.07, 6.45) is 8.96. The monoisotopic (exact) mass is 430 g/mol. The van der Waals surface area contributed by atoms with Crippen LogP contribution in [0.25, 0.3) is 16.8 Å². The highest BCUT2D eigenvalue weighted by Gasteiger charge is 2.34. The van der Waals surface area contributed by atoms with Crippen LogP contribution in [0, 0.1) is 6.92 Å². The number of nitrogens with one attached hydrogen (secondary N) is 1. The Bertz CT molecular complexity index is 1090. The molecule has 0 aliphatic heterocycles. The van der Waals surface area contributed by atoms with Crippen LogP contribution < -0.4 is 10.1 Å². The number of alkyl halides is 2. The summed E-state index contributed by atoms with van der Waals surface area (Å²) in [7, 11) is 1.44. The number of hydrogen-bond donors (Lipinski definition) is 1. The smallest absolute Gasteiger partial charge is 0.387 e. The highest BCUT2D eigenvalue weighted by atomic mass is 19.3. The minimum absolute atomic E-state index is 0.0844. The molecular weight excluding hydrogens is 402 g/mol. The maximum absolute atomic E-state index is 12.9. The molecule has 1 amide bonds. The van der Waals surface area contributed by atoms with Gasteiger partial charge in [0, 0.05) is 25.0 Å². The van der Waals surface area contributed by atoms with Gasteiger partial charge in [0.2, 0.25) is 0 Å². The van der Waals surface area contributed by atoms with Crippen LogP contribution in [0.4, 0.5) is 8.78 Å². The van der Waals surface area contributed by atoms with Crippen molar-refractivity contribution in [3.05, 3.63) is 47.4 Å². The van der Waals surface area contributed by atoms with E-state index >= 15 is 0 Å². The molecule has 3 aromatic rings. The lowest BCUT2D eigenvalue weighted by atomic mass is 9.67. The summed E-state index contributed by atoms with van der Waals surface area (Å²) in [6, 6.07) is 3.19. The fourth-order valence-electron chi connectivity index (χ4n) is 3.90. The van der Waals surface area contributed by atoms with E-state index in [0.717, 1.165) is 18.4 Å². The van der Waals surface area contributed by atoms with Crippen molar-refractivity contribution in [2.24, 2.45) is 0 Å². The van der Waals surface area contributed by atoms with Gasteiger partial charge in [-0.1, -0.05) is 33.3 Å². The molecule has 8 heteroatoms. The van der Waals surface area contributed by atoms with Crippen LogP contribution in [0.15, 0.2) is 30.7 Å². The number of aromatic nitrogens is 3. The molecule has 0 atom stereocenters. The summed E-state index contributed by atoms with van der Waals surface area (Å²) in [4.78, 5) is 16.7. The Labute approximate surface area is 180 Å². The van der Waals surface area contributed by atoms with Gasteiger partial charge in [0.15, 0.2) is 5.65 Å². The van der Waals surface area contributed by atoms with Crippen molar-refractivity contribution in [1.82, 2.24) is 19.9 Å². The Morgan fingerprint density at radius 2 is 1.97 bits per heavy atom. The standard InChI is InChI=1S/C21H22F2N4O2.C2H6/c1-12-7-13(8-16(29-20(22)23)17(12)19(28)24-3)15-10-26-27-11-14(9-25-18(15)27)21(2)5-4-6-21;1-2/h7-11,20H,4-6H2,1-3H3,(H,24,28);1-2H3. The fraction of sp³-hybridized carbons (Fsp3) is 0.435. The Balaban J connectivity index is 0.00000132. The van der Waals surface area contributed by atoms with Gasteiger partial charge in [-0.25, -0.2) is 9.50 Å². The molecule has 1 fully saturated rings. The first-order valence-corrected chi connectivity index (χ1v) is 10.5. The largest absolute Gasteiger partial charge is 0.434 e. The van der Waals surface area contributed by atoms with Crippen molar-refractivity contribution < 1.29 is 18.3 Å². The number of benzene rings is 1. The second kappa shape index (κ2) is 8.99.